The molecule has 0 spiro atoms. The minimum Gasteiger partial charge on any atom is -0.412 e. The molecule has 0 amide bonds. The Hall–Kier alpha value is -0.480. The normalized spacial score (nSPS) is 1.09. The smallest absolute Gasteiger partial charge is 0.0319 e. The van der Waals surface area contributed by atoms with Gasteiger partial charge in [0.2, 0.25) is 0 Å². The fourth-order valence-electron chi connectivity index (χ4n) is 0. The highest BCUT2D eigenvalue weighted by atomic mass is 16.2. The molecule has 0 fully saturated rings. The largest absolute Gasteiger partial charge is 0.412 e. The van der Waals surface area contributed by atoms with E-state index in [0.29, 0.717) is 0 Å². The maximum absolute atomic E-state index is 7.00. The second-order valence-electron chi connectivity index (χ2n) is 0.707. The van der Waals surface area contributed by atoms with E-state index in [-0.39, 0.29) is 159 Å². The van der Waals surface area contributed by atoms with Gasteiger partial charge in [0, 0.05) is 14.2 Å². The summed E-state index contributed by atoms with van der Waals surface area (Å²) < 4.78 is 0. The number of aliphatic hydroxyl groups is 2. The maximum atomic E-state index is 7.00. The highest BCUT2D eigenvalue weighted by molar-refractivity contribution is 3.92. The summed E-state index contributed by atoms with van der Waals surface area (Å²) in [6.07, 6.45) is 1.25. The van der Waals surface area contributed by atoms with Gasteiger partial charge in [-0.25, -0.2) is 0 Å². The van der Waals surface area contributed by atoms with Gasteiger partial charge < -0.3 is 65.0 Å². The minimum absolute atomic E-state index is 0. The zero-order chi connectivity index (χ0) is 8.71. The summed E-state index contributed by atoms with van der Waals surface area (Å²) in [4.78, 5) is 0. The topological polar surface area (TPSA) is 355 Å². The van der Waals surface area contributed by atoms with Gasteiger partial charge in [0.05, 0.1) is 0 Å². The van der Waals surface area contributed by atoms with Crippen molar-refractivity contribution in [3.05, 3.63) is 0 Å². The third kappa shape index (κ3) is 119000. The van der Waals surface area contributed by atoms with E-state index in [2.05, 4.69) is 13.8 Å². The summed E-state index contributed by atoms with van der Waals surface area (Å²) in [5.74, 6) is 0. The van der Waals surface area contributed by atoms with Crippen LogP contribution in [0.4, 0.5) is 0 Å². The molecule has 12 heteroatoms. The van der Waals surface area contributed by atoms with Crippen molar-refractivity contribution in [3.8, 4) is 0 Å². The predicted molar refractivity (Wildman–Crippen MR) is 174 cm³/mol. The van der Waals surface area contributed by atoms with Crippen molar-refractivity contribution in [3.63, 3.8) is 0 Å². The van der Waals surface area contributed by atoms with Gasteiger partial charge in [0.15, 0.2) is 0 Å². The molecule has 0 aliphatic heterocycles. The van der Waals surface area contributed by atoms with Crippen LogP contribution in [0, 0.1) is 0 Å². The summed E-state index contributed by atoms with van der Waals surface area (Å²) in [5, 5.41) is 14.0. The molecule has 0 aromatic heterocycles. The van der Waals surface area contributed by atoms with E-state index in [4.69, 9.17) is 10.2 Å². The monoisotopic (exact) mass is 543 g/mol. The lowest BCUT2D eigenvalue weighted by atomic mass is 10.6. The van der Waals surface area contributed by atoms with Crippen LogP contribution < -0.4 is 0 Å². The van der Waals surface area contributed by atoms with Crippen LogP contribution in [0.1, 0.15) is 138 Å². The molecule has 0 radical (unpaired) electrons. The molecule has 0 aromatic carbocycles. The Morgan fingerprint density at radius 3 is 0.273 bits per heavy atom. The van der Waals surface area contributed by atoms with E-state index in [0.717, 1.165) is 14.2 Å². The van der Waals surface area contributed by atoms with Crippen LogP contribution in [0.25, 0.3) is 0 Å². The fraction of sp³-hybridized carbons (Fsp3) is 1.00. The fourth-order valence-corrected chi connectivity index (χ4v) is 0. The number of hydrogen-bond acceptors (Lipinski definition) is 2. The van der Waals surface area contributed by atoms with Gasteiger partial charge in [-0.15, -0.1) is 0 Å². The van der Waals surface area contributed by atoms with Gasteiger partial charge in [-0.1, -0.05) is 138 Å². The molecule has 254 valence electrons. The summed E-state index contributed by atoms with van der Waals surface area (Å²) >= 11 is 0. The summed E-state index contributed by atoms with van der Waals surface area (Å²) in [7, 11) is 2.00. The molecule has 0 saturated heterocycles. The molecule has 12 nitrogen and oxygen atoms in total. The van der Waals surface area contributed by atoms with Crippen molar-refractivity contribution >= 4 is 0 Å². The van der Waals surface area contributed by atoms with Gasteiger partial charge in [-0.3, -0.25) is 0 Å². The van der Waals surface area contributed by atoms with Crippen LogP contribution in [0.3, 0.4) is 0 Å². The molecule has 0 unspecified atom stereocenters. The average molecular weight is 543 g/mol. The van der Waals surface area contributed by atoms with Crippen LogP contribution in [0.5, 0.6) is 0 Å². The van der Waals surface area contributed by atoms with E-state index in [1.165, 1.54) is 6.42 Å². The van der Waals surface area contributed by atoms with Crippen molar-refractivity contribution in [2.75, 3.05) is 14.2 Å². The molecule has 33 heavy (non-hydrogen) atoms. The quantitative estimate of drug-likeness (QED) is 0.464. The summed E-state index contributed by atoms with van der Waals surface area (Å²) in [5.41, 5.74) is 0. The van der Waals surface area contributed by atoms with E-state index in [1.807, 2.05) is 13.8 Å². The molecular weight excluding hydrogens is 444 g/mol. The van der Waals surface area contributed by atoms with Crippen LogP contribution in [-0.2, 0) is 0 Å². The maximum Gasteiger partial charge on any atom is 0.0319 e. The van der Waals surface area contributed by atoms with Crippen molar-refractivity contribution in [2.24, 2.45) is 0 Å². The minimum atomic E-state index is 0. The molecular formula is C21H98O12. The second kappa shape index (κ2) is 109000. The zero-order valence-electron chi connectivity index (χ0n) is 12.6. The van der Waals surface area contributed by atoms with Crippen molar-refractivity contribution in [1.82, 2.24) is 0 Å². The third-order valence-corrected chi connectivity index (χ3v) is 0. The third-order valence-electron chi connectivity index (χ3n) is 0. The zero-order valence-corrected chi connectivity index (χ0v) is 12.6. The lowest BCUT2D eigenvalue weighted by Gasteiger charge is -1.48. The average Bonchev–Trinajstić information content (AvgIpc) is 2.01. The standard InChI is InChI=1S/C3H8.C2H6.2CH4O.14CH4.10H2O/c1-3-2;3*1-2;;;;;;;;;;;;;;;;;;;;;;;;/h3H2,1-2H3;1-2H3;2*2H,1H3;14*1H4;10*1H2. The van der Waals surface area contributed by atoms with Crippen LogP contribution in [-0.4, -0.2) is 79.2 Å². The van der Waals surface area contributed by atoms with Gasteiger partial charge in [0.25, 0.3) is 0 Å². The molecule has 22 N–H and O–H groups in total. The molecule has 0 atom stereocenters. The van der Waals surface area contributed by atoms with E-state index in [9.17, 15) is 0 Å². The highest BCUT2D eigenvalue weighted by Gasteiger charge is 1.35. The molecule has 0 aromatic rings. The Bertz CT molecular complexity index is 31.2. The molecule has 0 bridgehead atoms. The first kappa shape index (κ1) is 1580. The molecule has 0 aliphatic carbocycles. The number of aliphatic hydroxyl groups excluding tert-OH is 2. The first-order chi connectivity index (χ1) is 4.41. The van der Waals surface area contributed by atoms with Crippen LogP contribution in [0.15, 0.2) is 0 Å². The lowest BCUT2D eigenvalue weighted by Crippen LogP contribution is -1.27. The SMILES string of the molecule is C.C.C.C.C.C.C.C.C.C.C.C.C.C.CC.CCC.CO.CO.O.O.O.O.O.O.O.O.O.O. The molecule has 0 rings (SSSR count). The Balaban J connectivity index is -0.000000000314. The predicted octanol–water partition coefficient (Wildman–Crippen LogP) is 2.32. The number of hydrogen-bond donors (Lipinski definition) is 2. The van der Waals surface area contributed by atoms with E-state index in [1.54, 1.807) is 0 Å². The Labute approximate surface area is 218 Å². The summed E-state index contributed by atoms with van der Waals surface area (Å²) in [6, 6.07) is 0. The molecule has 0 heterocycles. The highest BCUT2D eigenvalue weighted by Crippen LogP contribution is 1.56. The van der Waals surface area contributed by atoms with Crippen molar-refractivity contribution in [2.45, 2.75) is 138 Å². The molecule has 0 saturated carbocycles. The van der Waals surface area contributed by atoms with Crippen molar-refractivity contribution in [1.29, 1.82) is 0 Å². The van der Waals surface area contributed by atoms with Gasteiger partial charge in [-0.2, -0.15) is 0 Å². The van der Waals surface area contributed by atoms with E-state index >= 15 is 0 Å². The second-order valence-corrected chi connectivity index (χ2v) is 0.707. The van der Waals surface area contributed by atoms with Crippen LogP contribution >= 0.6 is 0 Å². The Morgan fingerprint density at radius 2 is 0.273 bits per heavy atom. The Morgan fingerprint density at radius 1 is 0.273 bits per heavy atom. The summed E-state index contributed by atoms with van der Waals surface area (Å²) in [6.45, 7) is 8.25. The first-order valence-electron chi connectivity index (χ1n) is 3.31. The van der Waals surface area contributed by atoms with Crippen LogP contribution in [0.2, 0.25) is 0 Å². The van der Waals surface area contributed by atoms with E-state index < -0.39 is 0 Å². The molecule has 0 aliphatic rings. The van der Waals surface area contributed by atoms with Gasteiger partial charge in [-0.05, 0) is 0 Å². The van der Waals surface area contributed by atoms with Gasteiger partial charge >= 0.3 is 0 Å². The lowest BCUT2D eigenvalue weighted by molar-refractivity contribution is 0.399. The first-order valence-corrected chi connectivity index (χ1v) is 3.31. The number of rotatable bonds is 0. The Kier molecular flexibility index (Phi) is 5200000. The van der Waals surface area contributed by atoms with Gasteiger partial charge in [0.1, 0.15) is 0 Å². The van der Waals surface area contributed by atoms with Crippen molar-refractivity contribution < 1.29 is 65.0 Å².